The Morgan fingerprint density at radius 2 is 2.05 bits per heavy atom. The number of benzene rings is 1. The molecule has 1 aromatic heterocycles. The molecule has 0 radical (unpaired) electrons. The van der Waals surface area contributed by atoms with Crippen LogP contribution in [0.1, 0.15) is 0 Å². The van der Waals surface area contributed by atoms with Crippen LogP contribution in [0.15, 0.2) is 23.7 Å². The Morgan fingerprint density at radius 1 is 1.26 bits per heavy atom. The summed E-state index contributed by atoms with van der Waals surface area (Å²) in [5.74, 6) is -4.95. The number of anilines is 2. The highest BCUT2D eigenvalue weighted by Crippen LogP contribution is 2.19. The number of rotatable bonds is 4. The Hall–Kier alpha value is -2.09. The minimum atomic E-state index is -1.62. The van der Waals surface area contributed by atoms with Crippen molar-refractivity contribution in [1.29, 1.82) is 0 Å². The lowest BCUT2D eigenvalue weighted by Gasteiger charge is -2.07. The zero-order chi connectivity index (χ0) is 13.8. The van der Waals surface area contributed by atoms with E-state index in [2.05, 4.69) is 15.6 Å². The van der Waals surface area contributed by atoms with Gasteiger partial charge in [0.25, 0.3) is 0 Å². The molecule has 0 saturated heterocycles. The molecule has 4 nitrogen and oxygen atoms in total. The van der Waals surface area contributed by atoms with Crippen LogP contribution in [0.2, 0.25) is 0 Å². The van der Waals surface area contributed by atoms with Gasteiger partial charge in [0.05, 0.1) is 12.2 Å². The smallest absolute Gasteiger partial charge is 0.243 e. The van der Waals surface area contributed by atoms with E-state index in [-0.39, 0.29) is 6.54 Å². The summed E-state index contributed by atoms with van der Waals surface area (Å²) in [5, 5.41) is 7.08. The average Bonchev–Trinajstić information content (AvgIpc) is 2.90. The van der Waals surface area contributed by atoms with Gasteiger partial charge >= 0.3 is 0 Å². The van der Waals surface area contributed by atoms with Crippen LogP contribution in [0.3, 0.4) is 0 Å². The molecular weight excluding hydrogens is 279 g/mol. The first-order chi connectivity index (χ1) is 9.08. The SMILES string of the molecule is O=C(CNc1nccs1)Nc1ccc(F)c(F)c1F. The molecule has 0 bridgehead atoms. The molecule has 1 aromatic carbocycles. The van der Waals surface area contributed by atoms with Gasteiger partial charge in [-0.2, -0.15) is 0 Å². The lowest BCUT2D eigenvalue weighted by molar-refractivity contribution is -0.114. The molecule has 0 aliphatic carbocycles. The predicted octanol–water partition coefficient (Wildman–Crippen LogP) is 2.61. The molecule has 19 heavy (non-hydrogen) atoms. The van der Waals surface area contributed by atoms with Crippen molar-refractivity contribution >= 4 is 28.1 Å². The normalized spacial score (nSPS) is 10.3. The third-order valence-corrected chi connectivity index (χ3v) is 2.87. The van der Waals surface area contributed by atoms with Crippen LogP contribution >= 0.6 is 11.3 Å². The highest BCUT2D eigenvalue weighted by molar-refractivity contribution is 7.13. The second kappa shape index (κ2) is 5.70. The Kier molecular flexibility index (Phi) is 4.00. The molecule has 0 atom stereocenters. The summed E-state index contributed by atoms with van der Waals surface area (Å²) in [4.78, 5) is 15.4. The standard InChI is InChI=1S/C11H8F3N3OS/c12-6-1-2-7(10(14)9(6)13)17-8(18)5-16-11-15-3-4-19-11/h1-4H,5H2,(H,15,16)(H,17,18). The average molecular weight is 287 g/mol. The lowest BCUT2D eigenvalue weighted by Crippen LogP contribution is -2.22. The van der Waals surface area contributed by atoms with E-state index in [4.69, 9.17) is 0 Å². The summed E-state index contributed by atoms with van der Waals surface area (Å²) < 4.78 is 38.9. The van der Waals surface area contributed by atoms with Gasteiger partial charge in [-0.25, -0.2) is 18.2 Å². The van der Waals surface area contributed by atoms with E-state index in [1.54, 1.807) is 11.6 Å². The molecular formula is C11H8F3N3OS. The quantitative estimate of drug-likeness (QED) is 0.850. The summed E-state index contributed by atoms with van der Waals surface area (Å²) in [6, 6.07) is 1.69. The van der Waals surface area contributed by atoms with Crippen molar-refractivity contribution in [1.82, 2.24) is 4.98 Å². The summed E-state index contributed by atoms with van der Waals surface area (Å²) in [6.07, 6.45) is 1.56. The number of hydrogen-bond acceptors (Lipinski definition) is 4. The van der Waals surface area contributed by atoms with Crippen LogP contribution in [-0.4, -0.2) is 17.4 Å². The first kappa shape index (κ1) is 13.3. The second-order valence-electron chi connectivity index (χ2n) is 3.46. The van der Waals surface area contributed by atoms with Crippen molar-refractivity contribution < 1.29 is 18.0 Å². The minimum absolute atomic E-state index is 0.161. The van der Waals surface area contributed by atoms with Gasteiger partial charge in [0.15, 0.2) is 22.6 Å². The van der Waals surface area contributed by atoms with Crippen LogP contribution in [0, 0.1) is 17.5 Å². The predicted molar refractivity (Wildman–Crippen MR) is 65.5 cm³/mol. The van der Waals surface area contributed by atoms with Crippen LogP contribution in [0.4, 0.5) is 24.0 Å². The fraction of sp³-hybridized carbons (Fsp3) is 0.0909. The molecule has 2 aromatic rings. The van der Waals surface area contributed by atoms with E-state index in [1.807, 2.05) is 0 Å². The maximum absolute atomic E-state index is 13.3. The zero-order valence-electron chi connectivity index (χ0n) is 9.41. The molecule has 8 heteroatoms. The molecule has 0 aliphatic rings. The Labute approximate surface area is 110 Å². The molecule has 0 fully saturated rings. The fourth-order valence-electron chi connectivity index (χ4n) is 1.28. The van der Waals surface area contributed by atoms with Gasteiger partial charge < -0.3 is 10.6 Å². The van der Waals surface area contributed by atoms with Crippen LogP contribution in [0.25, 0.3) is 0 Å². The summed E-state index contributed by atoms with van der Waals surface area (Å²) in [6.45, 7) is -0.161. The van der Waals surface area contributed by atoms with E-state index >= 15 is 0 Å². The third-order valence-electron chi connectivity index (χ3n) is 2.14. The number of nitrogens with zero attached hydrogens (tertiary/aromatic N) is 1. The van der Waals surface area contributed by atoms with Crippen molar-refractivity contribution in [2.24, 2.45) is 0 Å². The number of amides is 1. The number of thiazole rings is 1. The van der Waals surface area contributed by atoms with Crippen LogP contribution in [0.5, 0.6) is 0 Å². The highest BCUT2D eigenvalue weighted by Gasteiger charge is 2.15. The van der Waals surface area contributed by atoms with Gasteiger partial charge in [-0.15, -0.1) is 11.3 Å². The minimum Gasteiger partial charge on any atom is -0.352 e. The summed E-state index contributed by atoms with van der Waals surface area (Å²) >= 11 is 1.29. The first-order valence-electron chi connectivity index (χ1n) is 5.14. The highest BCUT2D eigenvalue weighted by atomic mass is 32.1. The van der Waals surface area contributed by atoms with Gasteiger partial charge in [-0.05, 0) is 12.1 Å². The third kappa shape index (κ3) is 3.22. The van der Waals surface area contributed by atoms with Crippen LogP contribution in [-0.2, 0) is 4.79 Å². The van der Waals surface area contributed by atoms with Crippen LogP contribution < -0.4 is 10.6 Å². The molecule has 1 heterocycles. The molecule has 100 valence electrons. The Bertz CT molecular complexity index is 589. The van der Waals surface area contributed by atoms with Crippen molar-refractivity contribution in [2.45, 2.75) is 0 Å². The zero-order valence-corrected chi connectivity index (χ0v) is 10.2. The van der Waals surface area contributed by atoms with Crippen molar-refractivity contribution in [3.05, 3.63) is 41.2 Å². The van der Waals surface area contributed by atoms with Gasteiger partial charge in [-0.3, -0.25) is 4.79 Å². The van der Waals surface area contributed by atoms with Gasteiger partial charge in [0.1, 0.15) is 0 Å². The van der Waals surface area contributed by atoms with E-state index in [0.717, 1.165) is 12.1 Å². The number of carbonyl (C=O) groups excluding carboxylic acids is 1. The van der Waals surface area contributed by atoms with Crippen molar-refractivity contribution in [2.75, 3.05) is 17.2 Å². The molecule has 2 rings (SSSR count). The number of halogens is 3. The van der Waals surface area contributed by atoms with E-state index < -0.39 is 29.0 Å². The lowest BCUT2D eigenvalue weighted by atomic mass is 10.2. The summed E-state index contributed by atoms with van der Waals surface area (Å²) in [7, 11) is 0. The maximum atomic E-state index is 13.3. The topological polar surface area (TPSA) is 54.0 Å². The number of hydrogen-bond donors (Lipinski definition) is 2. The summed E-state index contributed by atoms with van der Waals surface area (Å²) in [5.41, 5.74) is -0.412. The Morgan fingerprint density at radius 3 is 2.74 bits per heavy atom. The molecule has 1 amide bonds. The van der Waals surface area contributed by atoms with E-state index in [1.165, 1.54) is 11.3 Å². The van der Waals surface area contributed by atoms with E-state index in [9.17, 15) is 18.0 Å². The fourth-order valence-corrected chi connectivity index (χ4v) is 1.81. The monoisotopic (exact) mass is 287 g/mol. The van der Waals surface area contributed by atoms with Gasteiger partial charge in [-0.1, -0.05) is 0 Å². The van der Waals surface area contributed by atoms with Crippen molar-refractivity contribution in [3.63, 3.8) is 0 Å². The largest absolute Gasteiger partial charge is 0.352 e. The number of carbonyl (C=O) groups is 1. The van der Waals surface area contributed by atoms with Crippen molar-refractivity contribution in [3.8, 4) is 0 Å². The molecule has 2 N–H and O–H groups in total. The van der Waals surface area contributed by atoms with Gasteiger partial charge in [0.2, 0.25) is 5.91 Å². The number of aromatic nitrogens is 1. The number of nitrogens with one attached hydrogen (secondary N) is 2. The first-order valence-corrected chi connectivity index (χ1v) is 6.02. The molecule has 0 spiro atoms. The van der Waals surface area contributed by atoms with E-state index in [0.29, 0.717) is 5.13 Å². The molecule has 0 unspecified atom stereocenters. The molecule has 0 saturated carbocycles. The second-order valence-corrected chi connectivity index (χ2v) is 4.36. The maximum Gasteiger partial charge on any atom is 0.243 e. The van der Waals surface area contributed by atoms with Gasteiger partial charge in [0, 0.05) is 11.6 Å². The molecule has 0 aliphatic heterocycles. The Balaban J connectivity index is 1.97.